The van der Waals surface area contributed by atoms with Gasteiger partial charge in [0.2, 0.25) is 0 Å². The molecule has 2 fully saturated rings. The average Bonchev–Trinajstić information content (AvgIpc) is 2.64. The van der Waals surface area contributed by atoms with Gasteiger partial charge in [-0.05, 0) is 0 Å². The summed E-state index contributed by atoms with van der Waals surface area (Å²) in [7, 11) is 0. The molecule has 0 amide bonds. The van der Waals surface area contributed by atoms with Gasteiger partial charge in [-0.2, -0.15) is 0 Å². The Morgan fingerprint density at radius 1 is 0.708 bits per heavy atom. The molecule has 0 spiro atoms. The predicted octanol–water partition coefficient (Wildman–Crippen LogP) is 5.11. The third-order valence-electron chi connectivity index (χ3n) is 6.03. The van der Waals surface area contributed by atoms with Crippen molar-refractivity contribution in [2.45, 2.75) is 116 Å². The van der Waals surface area contributed by atoms with Crippen LogP contribution in [0.2, 0.25) is 0 Å². The summed E-state index contributed by atoms with van der Waals surface area (Å²) in [6.07, 6.45) is 19.5. The molecule has 0 heterocycles. The Morgan fingerprint density at radius 3 is 1.42 bits per heavy atom. The molecule has 3 heteroatoms. The molecule has 0 aliphatic heterocycles. The van der Waals surface area contributed by atoms with Crippen LogP contribution < -0.4 is 0 Å². The zero-order valence-electron chi connectivity index (χ0n) is 16.3. The van der Waals surface area contributed by atoms with E-state index < -0.39 is 0 Å². The van der Waals surface area contributed by atoms with Crippen molar-refractivity contribution < 1.29 is 0 Å². The van der Waals surface area contributed by atoms with Gasteiger partial charge in [0.15, 0.2) is 0 Å². The monoisotopic (exact) mass is 400 g/mol. The first-order valence-corrected chi connectivity index (χ1v) is 11.7. The van der Waals surface area contributed by atoms with E-state index in [2.05, 4.69) is 39.2 Å². The van der Waals surface area contributed by atoms with Crippen molar-refractivity contribution in [1.82, 2.24) is 9.80 Å². The molecule has 0 N–H and O–H groups in total. The summed E-state index contributed by atoms with van der Waals surface area (Å²) in [5.41, 5.74) is 0. The van der Waals surface area contributed by atoms with Crippen molar-refractivity contribution in [3.05, 3.63) is 0 Å². The summed E-state index contributed by atoms with van der Waals surface area (Å²) in [5.74, 6) is 0. The van der Waals surface area contributed by atoms with Crippen LogP contribution in [-0.2, 0) is 0 Å². The Labute approximate surface area is 159 Å². The van der Waals surface area contributed by atoms with Gasteiger partial charge in [0.1, 0.15) is 0 Å². The Hall–Kier alpha value is -0.0105. The molecular formula is C21H40N2Se. The molecule has 0 aromatic rings. The van der Waals surface area contributed by atoms with Crippen LogP contribution in [0.5, 0.6) is 0 Å². The summed E-state index contributed by atoms with van der Waals surface area (Å²) in [5, 5.41) is 0. The number of nitrogens with zero attached hydrogens (tertiary/aromatic N) is 2. The van der Waals surface area contributed by atoms with E-state index in [9.17, 15) is 0 Å². The third-order valence-corrected chi connectivity index (χ3v) is 7.01. The van der Waals surface area contributed by atoms with Crippen molar-refractivity contribution in [2.75, 3.05) is 13.1 Å². The van der Waals surface area contributed by atoms with Crippen molar-refractivity contribution in [3.63, 3.8) is 0 Å². The van der Waals surface area contributed by atoms with Gasteiger partial charge in [-0.1, -0.05) is 0 Å². The van der Waals surface area contributed by atoms with Crippen molar-refractivity contribution in [1.29, 1.82) is 0 Å². The summed E-state index contributed by atoms with van der Waals surface area (Å²) in [4.78, 5) is 5.57. The van der Waals surface area contributed by atoms with Gasteiger partial charge < -0.3 is 0 Å². The van der Waals surface area contributed by atoms with Gasteiger partial charge >= 0.3 is 159 Å². The Bertz CT molecular complexity index is 314. The number of hydrogen-bond acceptors (Lipinski definition) is 2. The Kier molecular flexibility index (Phi) is 9.79. The summed E-state index contributed by atoms with van der Waals surface area (Å²) in [6.45, 7) is 7.15. The summed E-state index contributed by atoms with van der Waals surface area (Å²) < 4.78 is 1.50. The zero-order chi connectivity index (χ0) is 17.2. The molecule has 2 aliphatic carbocycles. The molecule has 24 heavy (non-hydrogen) atoms. The number of unbranched alkanes of at least 4 members (excludes halogenated alkanes) is 2. The topological polar surface area (TPSA) is 6.48 Å². The van der Waals surface area contributed by atoms with Gasteiger partial charge in [0, 0.05) is 0 Å². The van der Waals surface area contributed by atoms with Gasteiger partial charge in [0.25, 0.3) is 0 Å². The molecule has 140 valence electrons. The molecule has 2 aliphatic rings. The first-order chi connectivity index (χ1) is 11.8. The van der Waals surface area contributed by atoms with E-state index in [0.717, 1.165) is 12.1 Å². The van der Waals surface area contributed by atoms with Crippen LogP contribution in [0.1, 0.15) is 104 Å². The maximum atomic E-state index is 3.56. The van der Waals surface area contributed by atoms with Crippen LogP contribution in [0, 0.1) is 0 Å². The number of rotatable bonds is 10. The quantitative estimate of drug-likeness (QED) is 0.471. The molecule has 0 unspecified atom stereocenters. The zero-order valence-corrected chi connectivity index (χ0v) is 18.0. The molecule has 0 radical (unpaired) electrons. The second kappa shape index (κ2) is 11.6. The van der Waals surface area contributed by atoms with Crippen LogP contribution in [-0.4, -0.2) is 55.2 Å². The molecule has 0 aromatic heterocycles. The predicted molar refractivity (Wildman–Crippen MR) is 108 cm³/mol. The van der Waals surface area contributed by atoms with Gasteiger partial charge in [0.05, 0.1) is 0 Å². The molecule has 2 nitrogen and oxygen atoms in total. The van der Waals surface area contributed by atoms with Gasteiger partial charge in [-0.3, -0.25) is 0 Å². The van der Waals surface area contributed by atoms with E-state index in [-0.39, 0.29) is 0 Å². The van der Waals surface area contributed by atoms with E-state index in [4.69, 9.17) is 0 Å². The Morgan fingerprint density at radius 2 is 1.08 bits per heavy atom. The van der Waals surface area contributed by atoms with Gasteiger partial charge in [-0.25, -0.2) is 0 Å². The van der Waals surface area contributed by atoms with E-state index in [1.165, 1.54) is 108 Å². The maximum absolute atomic E-state index is 3.56. The minimum atomic E-state index is 0.786. The van der Waals surface area contributed by atoms with E-state index in [1.807, 2.05) is 0 Å². The molecule has 0 bridgehead atoms. The molecular weight excluding hydrogens is 359 g/mol. The molecule has 2 saturated carbocycles. The van der Waals surface area contributed by atoms with Crippen molar-refractivity contribution in [3.8, 4) is 0 Å². The summed E-state index contributed by atoms with van der Waals surface area (Å²) in [6, 6.07) is 1.57. The van der Waals surface area contributed by atoms with Gasteiger partial charge in [-0.15, -0.1) is 0 Å². The van der Waals surface area contributed by atoms with Crippen molar-refractivity contribution >= 4 is 20.2 Å². The average molecular weight is 400 g/mol. The van der Waals surface area contributed by atoms with Crippen LogP contribution in [0.4, 0.5) is 0 Å². The summed E-state index contributed by atoms with van der Waals surface area (Å²) >= 11 is 3.56. The van der Waals surface area contributed by atoms with Crippen LogP contribution >= 0.6 is 0 Å². The first kappa shape index (κ1) is 20.3. The van der Waals surface area contributed by atoms with Crippen LogP contribution in [0.15, 0.2) is 0 Å². The normalized spacial score (nSPS) is 20.1. The standard InChI is InChI=1S/C21H40N2Se/c1-3-5-17-22(19-13-9-7-10-14-19)21(24)23(18-6-4-2)20-15-11-8-12-16-20/h19-20H,3-18H2,1-2H3. The fourth-order valence-corrected chi connectivity index (χ4v) is 5.48. The van der Waals surface area contributed by atoms with E-state index in [0.29, 0.717) is 0 Å². The third kappa shape index (κ3) is 6.06. The van der Waals surface area contributed by atoms with Crippen molar-refractivity contribution in [2.24, 2.45) is 0 Å². The van der Waals surface area contributed by atoms with Crippen LogP contribution in [0.25, 0.3) is 0 Å². The molecule has 2 rings (SSSR count). The fourth-order valence-electron chi connectivity index (χ4n) is 4.48. The number of hydrogen-bond donors (Lipinski definition) is 0. The molecule has 0 aromatic carbocycles. The molecule has 0 atom stereocenters. The second-order valence-electron chi connectivity index (χ2n) is 7.96. The van der Waals surface area contributed by atoms with E-state index >= 15 is 0 Å². The minimum absolute atomic E-state index is 0.786. The second-order valence-corrected chi connectivity index (χ2v) is 8.73. The first-order valence-electron chi connectivity index (χ1n) is 10.8. The fraction of sp³-hybridized carbons (Fsp3) is 0.952. The Balaban J connectivity index is 2.07. The van der Waals surface area contributed by atoms with Crippen LogP contribution in [0.3, 0.4) is 0 Å². The van der Waals surface area contributed by atoms with E-state index in [1.54, 1.807) is 0 Å². The SMILES string of the molecule is CCCCN(C(=[Se])N(CCCC)C1CCCCC1)C1CCCCC1. The molecule has 0 saturated heterocycles.